The van der Waals surface area contributed by atoms with E-state index in [2.05, 4.69) is 5.32 Å². The molecule has 0 aromatic heterocycles. The third-order valence-electron chi connectivity index (χ3n) is 3.70. The predicted molar refractivity (Wildman–Crippen MR) is 90.5 cm³/mol. The van der Waals surface area contributed by atoms with Gasteiger partial charge in [-0.1, -0.05) is 25.5 Å². The van der Waals surface area contributed by atoms with E-state index in [9.17, 15) is 13.2 Å². The molecule has 1 amide bonds. The number of rotatable bonds is 8. The lowest BCUT2D eigenvalue weighted by Gasteiger charge is -2.19. The van der Waals surface area contributed by atoms with Gasteiger partial charge in [0.25, 0.3) is 0 Å². The summed E-state index contributed by atoms with van der Waals surface area (Å²) in [6, 6.07) is 5.73. The Labute approximate surface area is 133 Å². The van der Waals surface area contributed by atoms with Crippen LogP contribution in [0.2, 0.25) is 0 Å². The summed E-state index contributed by atoms with van der Waals surface area (Å²) in [6.45, 7) is 6.63. The van der Waals surface area contributed by atoms with Crippen molar-refractivity contribution in [3.05, 3.63) is 29.3 Å². The summed E-state index contributed by atoms with van der Waals surface area (Å²) in [5.41, 5.74) is 2.92. The number of carbonyl (C=O) groups excluding carboxylic acids is 1. The maximum atomic E-state index is 12.0. The minimum atomic E-state index is -3.27. The number of nitrogens with one attached hydrogen (secondary N) is 1. The molecular formula is C16H26N2O3S. The lowest BCUT2D eigenvalue weighted by molar-refractivity contribution is -0.116. The molecule has 0 unspecified atom stereocenters. The van der Waals surface area contributed by atoms with Crippen molar-refractivity contribution in [2.24, 2.45) is 0 Å². The van der Waals surface area contributed by atoms with Crippen molar-refractivity contribution < 1.29 is 13.2 Å². The summed E-state index contributed by atoms with van der Waals surface area (Å²) in [5, 5.41) is 2.85. The van der Waals surface area contributed by atoms with Crippen LogP contribution in [-0.4, -0.2) is 38.0 Å². The fourth-order valence-corrected chi connectivity index (χ4v) is 2.99. The number of anilines is 1. The van der Waals surface area contributed by atoms with E-state index in [1.807, 2.05) is 39.0 Å². The van der Waals surface area contributed by atoms with Crippen molar-refractivity contribution in [1.29, 1.82) is 0 Å². The SMILES string of the molecule is CCCCN(CCC(=O)Nc1cccc(C)c1C)S(C)(=O)=O. The number of benzene rings is 1. The predicted octanol–water partition coefficient (Wildman–Crippen LogP) is 2.69. The van der Waals surface area contributed by atoms with Gasteiger partial charge >= 0.3 is 0 Å². The van der Waals surface area contributed by atoms with Crippen LogP contribution in [0.25, 0.3) is 0 Å². The Balaban J connectivity index is 2.62. The van der Waals surface area contributed by atoms with Gasteiger partial charge in [0, 0.05) is 25.2 Å². The Morgan fingerprint density at radius 2 is 1.91 bits per heavy atom. The second kappa shape index (κ2) is 8.29. The van der Waals surface area contributed by atoms with Crippen molar-refractivity contribution in [2.75, 3.05) is 24.7 Å². The Morgan fingerprint density at radius 3 is 2.50 bits per heavy atom. The Morgan fingerprint density at radius 1 is 1.23 bits per heavy atom. The van der Waals surface area contributed by atoms with Crippen LogP contribution < -0.4 is 5.32 Å². The molecule has 1 aromatic carbocycles. The highest BCUT2D eigenvalue weighted by atomic mass is 32.2. The van der Waals surface area contributed by atoms with Crippen LogP contribution in [0.5, 0.6) is 0 Å². The van der Waals surface area contributed by atoms with E-state index < -0.39 is 10.0 Å². The number of amides is 1. The first-order chi connectivity index (χ1) is 10.3. The molecule has 6 heteroatoms. The van der Waals surface area contributed by atoms with Crippen molar-refractivity contribution in [3.63, 3.8) is 0 Å². The Kier molecular flexibility index (Phi) is 7.03. The molecule has 0 fully saturated rings. The summed E-state index contributed by atoms with van der Waals surface area (Å²) in [4.78, 5) is 12.0. The van der Waals surface area contributed by atoms with Crippen LogP contribution in [0.4, 0.5) is 5.69 Å². The highest BCUT2D eigenvalue weighted by Gasteiger charge is 2.17. The molecule has 0 saturated carbocycles. The van der Waals surface area contributed by atoms with Crippen molar-refractivity contribution in [3.8, 4) is 0 Å². The minimum Gasteiger partial charge on any atom is -0.326 e. The molecule has 0 bridgehead atoms. The summed E-state index contributed by atoms with van der Waals surface area (Å²) < 4.78 is 24.8. The van der Waals surface area contributed by atoms with Gasteiger partial charge in [-0.05, 0) is 37.5 Å². The maximum Gasteiger partial charge on any atom is 0.225 e. The molecule has 5 nitrogen and oxygen atoms in total. The number of hydrogen-bond donors (Lipinski definition) is 1. The standard InChI is InChI=1S/C16H26N2O3S/c1-5-6-11-18(22(4,20)21)12-10-16(19)17-15-9-7-8-13(2)14(15)3/h7-9H,5-6,10-12H2,1-4H3,(H,17,19). The number of sulfonamides is 1. The van der Waals surface area contributed by atoms with E-state index in [1.54, 1.807) is 0 Å². The smallest absolute Gasteiger partial charge is 0.225 e. The fraction of sp³-hybridized carbons (Fsp3) is 0.562. The lowest BCUT2D eigenvalue weighted by Crippen LogP contribution is -2.33. The summed E-state index contributed by atoms with van der Waals surface area (Å²) in [7, 11) is -3.27. The van der Waals surface area contributed by atoms with E-state index >= 15 is 0 Å². The molecule has 0 atom stereocenters. The molecule has 124 valence electrons. The van der Waals surface area contributed by atoms with Crippen molar-refractivity contribution in [1.82, 2.24) is 4.31 Å². The summed E-state index contributed by atoms with van der Waals surface area (Å²) in [6.07, 6.45) is 3.06. The summed E-state index contributed by atoms with van der Waals surface area (Å²) in [5.74, 6) is -0.168. The van der Waals surface area contributed by atoms with Crippen molar-refractivity contribution in [2.45, 2.75) is 40.0 Å². The fourth-order valence-electron chi connectivity index (χ4n) is 2.10. The molecule has 1 aromatic rings. The largest absolute Gasteiger partial charge is 0.326 e. The lowest BCUT2D eigenvalue weighted by atomic mass is 10.1. The first kappa shape index (κ1) is 18.6. The van der Waals surface area contributed by atoms with Crippen LogP contribution in [0.1, 0.15) is 37.3 Å². The number of nitrogens with zero attached hydrogens (tertiary/aromatic N) is 1. The average Bonchev–Trinajstić information content (AvgIpc) is 2.42. The van der Waals surface area contributed by atoms with Gasteiger partial charge in [-0.3, -0.25) is 4.79 Å². The zero-order valence-electron chi connectivity index (χ0n) is 13.8. The zero-order valence-corrected chi connectivity index (χ0v) is 14.7. The average molecular weight is 326 g/mol. The second-order valence-electron chi connectivity index (χ2n) is 5.56. The number of hydrogen-bond acceptors (Lipinski definition) is 3. The van der Waals surface area contributed by atoms with Gasteiger partial charge in [-0.25, -0.2) is 12.7 Å². The molecule has 1 N–H and O–H groups in total. The number of aryl methyl sites for hydroxylation is 1. The van der Waals surface area contributed by atoms with Crippen molar-refractivity contribution >= 4 is 21.6 Å². The van der Waals surface area contributed by atoms with Gasteiger partial charge in [0.2, 0.25) is 15.9 Å². The van der Waals surface area contributed by atoms with Crippen LogP contribution in [0.15, 0.2) is 18.2 Å². The van der Waals surface area contributed by atoms with E-state index in [1.165, 1.54) is 10.6 Å². The van der Waals surface area contributed by atoms with Gasteiger partial charge in [0.1, 0.15) is 0 Å². The molecule has 0 aliphatic carbocycles. The molecule has 0 saturated heterocycles. The highest BCUT2D eigenvalue weighted by Crippen LogP contribution is 2.18. The van der Waals surface area contributed by atoms with Gasteiger partial charge in [-0.15, -0.1) is 0 Å². The molecular weight excluding hydrogens is 300 g/mol. The van der Waals surface area contributed by atoms with E-state index in [-0.39, 0.29) is 18.9 Å². The maximum absolute atomic E-state index is 12.0. The molecule has 0 aliphatic heterocycles. The highest BCUT2D eigenvalue weighted by molar-refractivity contribution is 7.88. The third kappa shape index (κ3) is 5.77. The molecule has 22 heavy (non-hydrogen) atoms. The van der Waals surface area contributed by atoms with E-state index in [0.717, 1.165) is 29.7 Å². The van der Waals surface area contributed by atoms with Crippen LogP contribution in [0, 0.1) is 13.8 Å². The molecule has 1 rings (SSSR count). The van der Waals surface area contributed by atoms with Crippen LogP contribution in [0.3, 0.4) is 0 Å². The number of unbranched alkanes of at least 4 members (excludes halogenated alkanes) is 1. The second-order valence-corrected chi connectivity index (χ2v) is 7.54. The van der Waals surface area contributed by atoms with Gasteiger partial charge in [-0.2, -0.15) is 0 Å². The molecule has 0 aliphatic rings. The zero-order chi connectivity index (χ0) is 16.8. The quantitative estimate of drug-likeness (QED) is 0.799. The molecule has 0 spiro atoms. The Hall–Kier alpha value is -1.40. The van der Waals surface area contributed by atoms with Crippen LogP contribution in [-0.2, 0) is 14.8 Å². The van der Waals surface area contributed by atoms with Gasteiger partial charge in [0.15, 0.2) is 0 Å². The molecule has 0 radical (unpaired) electrons. The number of carbonyl (C=O) groups is 1. The van der Waals surface area contributed by atoms with E-state index in [4.69, 9.17) is 0 Å². The normalized spacial score (nSPS) is 11.7. The topological polar surface area (TPSA) is 66.5 Å². The first-order valence-corrected chi connectivity index (χ1v) is 9.41. The van der Waals surface area contributed by atoms with Gasteiger partial charge < -0.3 is 5.32 Å². The summed E-state index contributed by atoms with van der Waals surface area (Å²) >= 11 is 0. The van der Waals surface area contributed by atoms with E-state index in [0.29, 0.717) is 6.54 Å². The first-order valence-electron chi connectivity index (χ1n) is 7.57. The monoisotopic (exact) mass is 326 g/mol. The minimum absolute atomic E-state index is 0.157. The van der Waals surface area contributed by atoms with Gasteiger partial charge in [0.05, 0.1) is 6.26 Å². The third-order valence-corrected chi connectivity index (χ3v) is 5.00. The molecule has 0 heterocycles. The van der Waals surface area contributed by atoms with Crippen LogP contribution >= 0.6 is 0 Å². The Bertz CT molecular complexity index is 612.